The van der Waals surface area contributed by atoms with Crippen LogP contribution in [0.1, 0.15) is 35.2 Å². The Bertz CT molecular complexity index is 1120. The van der Waals surface area contributed by atoms with E-state index in [0.717, 1.165) is 35.9 Å². The van der Waals surface area contributed by atoms with Crippen molar-refractivity contribution in [2.45, 2.75) is 19.3 Å². The minimum absolute atomic E-state index is 0.203. The van der Waals surface area contributed by atoms with Gasteiger partial charge in [0.25, 0.3) is 11.1 Å². The maximum absolute atomic E-state index is 12.7. The van der Waals surface area contributed by atoms with Crippen LogP contribution in [0.3, 0.4) is 0 Å². The van der Waals surface area contributed by atoms with E-state index in [9.17, 15) is 19.2 Å². The van der Waals surface area contributed by atoms with Crippen LogP contribution >= 0.6 is 11.8 Å². The van der Waals surface area contributed by atoms with E-state index in [1.54, 1.807) is 66.6 Å². The van der Waals surface area contributed by atoms with E-state index in [4.69, 9.17) is 9.47 Å². The molecule has 0 radical (unpaired) electrons. The van der Waals surface area contributed by atoms with Crippen molar-refractivity contribution >= 4 is 40.9 Å². The normalized spacial score (nSPS) is 17.3. The van der Waals surface area contributed by atoms with Crippen molar-refractivity contribution in [1.29, 1.82) is 0 Å². The van der Waals surface area contributed by atoms with Gasteiger partial charge in [-0.05, 0) is 79.1 Å². The highest BCUT2D eigenvalue weighted by atomic mass is 32.2. The molecular formula is C25H24N2O6S. The summed E-state index contributed by atoms with van der Waals surface area (Å²) in [6.07, 6.45) is 4.57. The molecule has 2 heterocycles. The van der Waals surface area contributed by atoms with Gasteiger partial charge in [-0.3, -0.25) is 19.3 Å². The van der Waals surface area contributed by atoms with E-state index in [1.807, 2.05) is 0 Å². The topological polar surface area (TPSA) is 93.2 Å². The van der Waals surface area contributed by atoms with Gasteiger partial charge in [0.2, 0.25) is 5.91 Å². The fraction of sp³-hybridized carbons (Fsp3) is 0.280. The molecule has 0 bridgehead atoms. The molecule has 2 aliphatic heterocycles. The van der Waals surface area contributed by atoms with Crippen LogP contribution in [0.2, 0.25) is 0 Å². The second-order valence-corrected chi connectivity index (χ2v) is 8.89. The molecule has 0 spiro atoms. The quantitative estimate of drug-likeness (QED) is 0.351. The monoisotopic (exact) mass is 480 g/mol. The predicted octanol–water partition coefficient (Wildman–Crippen LogP) is 3.96. The molecule has 0 saturated carbocycles. The zero-order valence-corrected chi connectivity index (χ0v) is 19.5. The van der Waals surface area contributed by atoms with Crippen LogP contribution in [0.4, 0.5) is 4.79 Å². The van der Waals surface area contributed by atoms with Gasteiger partial charge in [-0.1, -0.05) is 12.1 Å². The average molecular weight is 481 g/mol. The van der Waals surface area contributed by atoms with Crippen molar-refractivity contribution in [3.63, 3.8) is 0 Å². The number of thioether (sulfide) groups is 1. The summed E-state index contributed by atoms with van der Waals surface area (Å²) in [5.74, 6) is -0.198. The zero-order chi connectivity index (χ0) is 24.1. The molecule has 2 saturated heterocycles. The Labute approximate surface area is 201 Å². The number of hydrogen-bond acceptors (Lipinski definition) is 7. The first-order valence-electron chi connectivity index (χ1n) is 10.9. The van der Waals surface area contributed by atoms with E-state index in [-0.39, 0.29) is 17.4 Å². The van der Waals surface area contributed by atoms with E-state index < -0.39 is 17.1 Å². The zero-order valence-electron chi connectivity index (χ0n) is 18.7. The minimum atomic E-state index is -0.505. The van der Waals surface area contributed by atoms with E-state index in [1.165, 1.54) is 0 Å². The summed E-state index contributed by atoms with van der Waals surface area (Å²) in [7, 11) is 1.55. The van der Waals surface area contributed by atoms with Gasteiger partial charge in [-0.25, -0.2) is 4.79 Å². The van der Waals surface area contributed by atoms with Crippen LogP contribution in [-0.4, -0.2) is 59.6 Å². The fourth-order valence-corrected chi connectivity index (χ4v) is 4.53. The highest BCUT2D eigenvalue weighted by Gasteiger charge is 2.37. The summed E-state index contributed by atoms with van der Waals surface area (Å²) in [5, 5.41) is -0.452. The largest absolute Gasteiger partial charge is 0.497 e. The Morgan fingerprint density at radius 1 is 0.941 bits per heavy atom. The molecule has 2 aliphatic rings. The highest BCUT2D eigenvalue weighted by molar-refractivity contribution is 8.18. The third-order valence-electron chi connectivity index (χ3n) is 5.59. The Balaban J connectivity index is 1.37. The molecule has 2 aromatic carbocycles. The molecule has 4 rings (SSSR count). The number of imide groups is 1. The summed E-state index contributed by atoms with van der Waals surface area (Å²) < 4.78 is 10.5. The molecule has 2 fully saturated rings. The second kappa shape index (κ2) is 10.6. The van der Waals surface area contributed by atoms with Gasteiger partial charge in [0.05, 0.1) is 17.6 Å². The summed E-state index contributed by atoms with van der Waals surface area (Å²) in [5.41, 5.74) is 1.05. The molecule has 0 unspecified atom stereocenters. The number of benzene rings is 2. The molecule has 176 valence electrons. The van der Waals surface area contributed by atoms with Gasteiger partial charge in [0.15, 0.2) is 0 Å². The molecule has 0 N–H and O–H groups in total. The van der Waals surface area contributed by atoms with E-state index in [0.29, 0.717) is 35.7 Å². The number of esters is 1. The Kier molecular flexibility index (Phi) is 7.32. The smallest absolute Gasteiger partial charge is 0.343 e. The standard InChI is InChI=1S/C25H24N2O6S/c1-32-19-11-7-18(8-12-19)24(30)33-20-9-5-17(6-10-20)15-21-23(29)27(25(31)34-21)16-22(28)26-13-3-2-4-14-26/h5-12,15H,2-4,13-14,16H2,1H3/b21-15-. The number of carbonyl (C=O) groups is 4. The van der Waals surface area contributed by atoms with Gasteiger partial charge in [-0.15, -0.1) is 0 Å². The number of amides is 3. The molecule has 34 heavy (non-hydrogen) atoms. The molecule has 0 atom stereocenters. The van der Waals surface area contributed by atoms with Crippen LogP contribution in [0.25, 0.3) is 6.08 Å². The number of rotatable bonds is 6. The first-order chi connectivity index (χ1) is 16.4. The van der Waals surface area contributed by atoms with Crippen molar-refractivity contribution < 1.29 is 28.7 Å². The number of carbonyl (C=O) groups excluding carboxylic acids is 4. The van der Waals surface area contributed by atoms with Gasteiger partial charge >= 0.3 is 5.97 Å². The number of methoxy groups -OCH3 is 1. The number of likely N-dealkylation sites (tertiary alicyclic amines) is 1. The highest BCUT2D eigenvalue weighted by Crippen LogP contribution is 2.32. The minimum Gasteiger partial charge on any atom is -0.497 e. The third-order valence-corrected chi connectivity index (χ3v) is 6.50. The maximum Gasteiger partial charge on any atom is 0.343 e. The predicted molar refractivity (Wildman–Crippen MR) is 128 cm³/mol. The second-order valence-electron chi connectivity index (χ2n) is 7.90. The lowest BCUT2D eigenvalue weighted by Crippen LogP contribution is -2.44. The molecule has 9 heteroatoms. The van der Waals surface area contributed by atoms with Crippen LogP contribution in [0.5, 0.6) is 11.5 Å². The Hall–Kier alpha value is -3.59. The first-order valence-corrected chi connectivity index (χ1v) is 11.8. The summed E-state index contributed by atoms with van der Waals surface area (Å²) in [6, 6.07) is 13.2. The fourth-order valence-electron chi connectivity index (χ4n) is 3.69. The van der Waals surface area contributed by atoms with Gasteiger partial charge in [0, 0.05) is 13.1 Å². The van der Waals surface area contributed by atoms with E-state index in [2.05, 4.69) is 0 Å². The summed E-state index contributed by atoms with van der Waals surface area (Å²) in [4.78, 5) is 52.8. The van der Waals surface area contributed by atoms with Crippen molar-refractivity contribution in [3.05, 3.63) is 64.6 Å². The number of nitrogens with zero attached hydrogens (tertiary/aromatic N) is 2. The van der Waals surface area contributed by atoms with Crippen molar-refractivity contribution in [3.8, 4) is 11.5 Å². The van der Waals surface area contributed by atoms with Gasteiger partial charge in [0.1, 0.15) is 18.0 Å². The van der Waals surface area contributed by atoms with E-state index >= 15 is 0 Å². The molecule has 3 amide bonds. The average Bonchev–Trinajstić information content (AvgIpc) is 3.13. The first kappa shape index (κ1) is 23.6. The molecule has 8 nitrogen and oxygen atoms in total. The van der Waals surface area contributed by atoms with Gasteiger partial charge in [-0.2, -0.15) is 0 Å². The van der Waals surface area contributed by atoms with Gasteiger partial charge < -0.3 is 14.4 Å². The molecule has 2 aromatic rings. The molecular weight excluding hydrogens is 456 g/mol. The maximum atomic E-state index is 12.7. The third kappa shape index (κ3) is 5.48. The molecule has 0 aliphatic carbocycles. The van der Waals surface area contributed by atoms with Crippen LogP contribution in [0, 0.1) is 0 Å². The van der Waals surface area contributed by atoms with Crippen LogP contribution in [0.15, 0.2) is 53.4 Å². The Morgan fingerprint density at radius 3 is 2.24 bits per heavy atom. The lowest BCUT2D eigenvalue weighted by Gasteiger charge is -2.27. The van der Waals surface area contributed by atoms with Crippen molar-refractivity contribution in [2.24, 2.45) is 0 Å². The lowest BCUT2D eigenvalue weighted by atomic mass is 10.1. The summed E-state index contributed by atoms with van der Waals surface area (Å²) in [6.45, 7) is 1.10. The molecule has 0 aromatic heterocycles. The number of piperidine rings is 1. The number of ether oxygens (including phenoxy) is 2. The van der Waals surface area contributed by atoms with Crippen molar-refractivity contribution in [1.82, 2.24) is 9.80 Å². The summed E-state index contributed by atoms with van der Waals surface area (Å²) >= 11 is 0.813. The Morgan fingerprint density at radius 2 is 1.59 bits per heavy atom. The van der Waals surface area contributed by atoms with Crippen LogP contribution < -0.4 is 9.47 Å². The number of hydrogen-bond donors (Lipinski definition) is 0. The van der Waals surface area contributed by atoms with Crippen LogP contribution in [-0.2, 0) is 9.59 Å². The van der Waals surface area contributed by atoms with Crippen molar-refractivity contribution in [2.75, 3.05) is 26.7 Å². The SMILES string of the molecule is COc1ccc(C(=O)Oc2ccc(/C=C3\SC(=O)N(CC(=O)N4CCCCC4)C3=O)cc2)cc1. The lowest BCUT2D eigenvalue weighted by molar-refractivity contribution is -0.136.